The molecule has 0 atom stereocenters. The molecule has 0 aliphatic rings. The summed E-state index contributed by atoms with van der Waals surface area (Å²) in [5.41, 5.74) is 7.83. The Morgan fingerprint density at radius 2 is 2.22 bits per heavy atom. The van der Waals surface area contributed by atoms with Gasteiger partial charge in [0, 0.05) is 24.0 Å². The summed E-state index contributed by atoms with van der Waals surface area (Å²) in [7, 11) is 1.71. The zero-order valence-corrected chi connectivity index (χ0v) is 10.8. The summed E-state index contributed by atoms with van der Waals surface area (Å²) in [6.45, 7) is 1.86. The molecule has 18 heavy (non-hydrogen) atoms. The monoisotopic (exact) mass is 264 g/mol. The molecule has 3 N–H and O–H groups in total. The highest BCUT2D eigenvalue weighted by molar-refractivity contribution is 6.30. The smallest absolute Gasteiger partial charge is 0.278 e. The number of nitrogens with two attached hydrogens (primary N) is 1. The minimum Gasteiger partial charge on any atom is -0.396 e. The molecule has 0 bridgehead atoms. The van der Waals surface area contributed by atoms with E-state index in [9.17, 15) is 4.79 Å². The number of anilines is 2. The van der Waals surface area contributed by atoms with Crippen molar-refractivity contribution in [2.75, 3.05) is 11.1 Å². The minimum absolute atomic E-state index is 0.215. The van der Waals surface area contributed by atoms with Crippen LogP contribution in [0.25, 0.3) is 0 Å². The lowest BCUT2D eigenvalue weighted by Gasteiger charge is -2.07. The van der Waals surface area contributed by atoms with Crippen LogP contribution in [0.4, 0.5) is 11.4 Å². The Bertz CT molecular complexity index is 606. The SMILES string of the molecule is Cc1cc(Cl)ccc1NC(=O)c1nn(C)cc1N. The van der Waals surface area contributed by atoms with Gasteiger partial charge in [0.25, 0.3) is 5.91 Å². The topological polar surface area (TPSA) is 72.9 Å². The van der Waals surface area contributed by atoms with Crippen LogP contribution in [0, 0.1) is 6.92 Å². The zero-order valence-electron chi connectivity index (χ0n) is 10.1. The predicted molar refractivity (Wildman–Crippen MR) is 71.8 cm³/mol. The van der Waals surface area contributed by atoms with Crippen molar-refractivity contribution in [2.45, 2.75) is 6.92 Å². The zero-order chi connectivity index (χ0) is 13.3. The van der Waals surface area contributed by atoms with E-state index < -0.39 is 0 Å². The summed E-state index contributed by atoms with van der Waals surface area (Å²) in [5.74, 6) is -0.335. The van der Waals surface area contributed by atoms with E-state index >= 15 is 0 Å². The third-order valence-corrected chi connectivity index (χ3v) is 2.74. The van der Waals surface area contributed by atoms with Gasteiger partial charge < -0.3 is 11.1 Å². The van der Waals surface area contributed by atoms with Crippen LogP contribution in [0.2, 0.25) is 5.02 Å². The highest BCUT2D eigenvalue weighted by Gasteiger charge is 2.14. The number of nitrogen functional groups attached to an aromatic ring is 1. The minimum atomic E-state index is -0.335. The third kappa shape index (κ3) is 2.46. The van der Waals surface area contributed by atoms with Crippen LogP contribution in [0.5, 0.6) is 0 Å². The van der Waals surface area contributed by atoms with Crippen molar-refractivity contribution >= 4 is 28.9 Å². The quantitative estimate of drug-likeness (QED) is 0.873. The molecule has 0 unspecified atom stereocenters. The highest BCUT2D eigenvalue weighted by Crippen LogP contribution is 2.20. The van der Waals surface area contributed by atoms with Gasteiger partial charge in [0.1, 0.15) is 0 Å². The number of benzene rings is 1. The van der Waals surface area contributed by atoms with Gasteiger partial charge in [0.15, 0.2) is 5.69 Å². The van der Waals surface area contributed by atoms with Crippen molar-refractivity contribution in [3.63, 3.8) is 0 Å². The van der Waals surface area contributed by atoms with Gasteiger partial charge in [-0.3, -0.25) is 9.48 Å². The molecule has 1 heterocycles. The first-order valence-corrected chi connectivity index (χ1v) is 5.72. The maximum absolute atomic E-state index is 12.0. The summed E-state index contributed by atoms with van der Waals surface area (Å²) in [6.07, 6.45) is 1.59. The van der Waals surface area contributed by atoms with Gasteiger partial charge in [-0.05, 0) is 30.7 Å². The van der Waals surface area contributed by atoms with E-state index in [1.807, 2.05) is 6.92 Å². The number of nitrogens with zero attached hydrogens (tertiary/aromatic N) is 2. The molecular formula is C12H13ClN4O. The number of carbonyl (C=O) groups excluding carboxylic acids is 1. The average molecular weight is 265 g/mol. The Morgan fingerprint density at radius 3 is 2.78 bits per heavy atom. The molecule has 1 aromatic heterocycles. The lowest BCUT2D eigenvalue weighted by Crippen LogP contribution is -2.15. The van der Waals surface area contributed by atoms with Crippen molar-refractivity contribution in [3.8, 4) is 0 Å². The largest absolute Gasteiger partial charge is 0.396 e. The van der Waals surface area contributed by atoms with Crippen molar-refractivity contribution in [2.24, 2.45) is 7.05 Å². The van der Waals surface area contributed by atoms with Crippen LogP contribution >= 0.6 is 11.6 Å². The van der Waals surface area contributed by atoms with Gasteiger partial charge in [0.05, 0.1) is 5.69 Å². The number of nitrogens with one attached hydrogen (secondary N) is 1. The first-order chi connectivity index (χ1) is 8.47. The second kappa shape index (κ2) is 4.70. The molecule has 0 fully saturated rings. The molecule has 0 radical (unpaired) electrons. The van der Waals surface area contributed by atoms with Gasteiger partial charge >= 0.3 is 0 Å². The average Bonchev–Trinajstić information content (AvgIpc) is 2.62. The number of halogens is 1. The number of aryl methyl sites for hydroxylation is 2. The second-order valence-corrected chi connectivity index (χ2v) is 4.46. The number of rotatable bonds is 2. The molecule has 0 spiro atoms. The Labute approximate surface area is 110 Å². The summed E-state index contributed by atoms with van der Waals surface area (Å²) >= 11 is 5.85. The lowest BCUT2D eigenvalue weighted by molar-refractivity contribution is 0.102. The van der Waals surface area contributed by atoms with E-state index in [-0.39, 0.29) is 11.6 Å². The molecule has 0 saturated heterocycles. The Kier molecular flexibility index (Phi) is 3.25. The van der Waals surface area contributed by atoms with E-state index in [1.54, 1.807) is 31.4 Å². The molecule has 0 saturated carbocycles. The molecule has 94 valence electrons. The van der Waals surface area contributed by atoms with Crippen molar-refractivity contribution in [3.05, 3.63) is 40.7 Å². The van der Waals surface area contributed by atoms with Crippen LogP contribution in [-0.4, -0.2) is 15.7 Å². The first-order valence-electron chi connectivity index (χ1n) is 5.34. The first kappa shape index (κ1) is 12.4. The molecule has 1 aromatic carbocycles. The molecule has 2 rings (SSSR count). The normalized spacial score (nSPS) is 10.4. The summed E-state index contributed by atoms with van der Waals surface area (Å²) in [6, 6.07) is 5.24. The number of hydrogen-bond acceptors (Lipinski definition) is 3. The molecule has 5 nitrogen and oxygen atoms in total. The Hall–Kier alpha value is -2.01. The standard InChI is InChI=1S/C12H13ClN4O/c1-7-5-8(13)3-4-10(7)15-12(18)11-9(14)6-17(2)16-11/h3-6H,14H2,1-2H3,(H,15,18). The van der Waals surface area contributed by atoms with Crippen LogP contribution in [-0.2, 0) is 7.05 Å². The van der Waals surface area contributed by atoms with Gasteiger partial charge in [-0.25, -0.2) is 0 Å². The van der Waals surface area contributed by atoms with Crippen LogP contribution in [0.3, 0.4) is 0 Å². The fraction of sp³-hybridized carbons (Fsp3) is 0.167. The van der Waals surface area contributed by atoms with Gasteiger partial charge in [0.2, 0.25) is 0 Å². The predicted octanol–water partition coefficient (Wildman–Crippen LogP) is 2.22. The van der Waals surface area contributed by atoms with E-state index in [0.717, 1.165) is 5.56 Å². The number of hydrogen-bond donors (Lipinski definition) is 2. The molecular weight excluding hydrogens is 252 g/mol. The van der Waals surface area contributed by atoms with Crippen molar-refractivity contribution in [1.29, 1.82) is 0 Å². The molecule has 0 aliphatic carbocycles. The highest BCUT2D eigenvalue weighted by atomic mass is 35.5. The van der Waals surface area contributed by atoms with E-state index in [0.29, 0.717) is 16.4 Å². The molecule has 2 aromatic rings. The molecule has 6 heteroatoms. The van der Waals surface area contributed by atoms with E-state index in [1.165, 1.54) is 4.68 Å². The van der Waals surface area contributed by atoms with Crippen LogP contribution in [0.15, 0.2) is 24.4 Å². The van der Waals surface area contributed by atoms with Crippen molar-refractivity contribution < 1.29 is 4.79 Å². The van der Waals surface area contributed by atoms with Gasteiger partial charge in [-0.15, -0.1) is 0 Å². The maximum Gasteiger partial charge on any atom is 0.278 e. The Morgan fingerprint density at radius 1 is 1.50 bits per heavy atom. The Balaban J connectivity index is 2.24. The van der Waals surface area contributed by atoms with E-state index in [2.05, 4.69) is 10.4 Å². The van der Waals surface area contributed by atoms with Gasteiger partial charge in [-0.1, -0.05) is 11.6 Å². The summed E-state index contributed by atoms with van der Waals surface area (Å²) in [4.78, 5) is 12.0. The lowest BCUT2D eigenvalue weighted by atomic mass is 10.2. The summed E-state index contributed by atoms with van der Waals surface area (Å²) < 4.78 is 1.50. The fourth-order valence-corrected chi connectivity index (χ4v) is 1.86. The summed E-state index contributed by atoms with van der Waals surface area (Å²) in [5, 5.41) is 7.39. The molecule has 0 aliphatic heterocycles. The van der Waals surface area contributed by atoms with Gasteiger partial charge in [-0.2, -0.15) is 5.10 Å². The van der Waals surface area contributed by atoms with Crippen LogP contribution < -0.4 is 11.1 Å². The number of amides is 1. The molecule has 1 amide bonds. The number of carbonyl (C=O) groups is 1. The fourth-order valence-electron chi connectivity index (χ4n) is 1.63. The number of aromatic nitrogens is 2. The second-order valence-electron chi connectivity index (χ2n) is 4.02. The third-order valence-electron chi connectivity index (χ3n) is 2.51. The van der Waals surface area contributed by atoms with Crippen molar-refractivity contribution in [1.82, 2.24) is 9.78 Å². The van der Waals surface area contributed by atoms with Crippen LogP contribution in [0.1, 0.15) is 16.1 Å². The van der Waals surface area contributed by atoms with E-state index in [4.69, 9.17) is 17.3 Å². The maximum atomic E-state index is 12.0.